The molecule has 2 aromatic rings. The van der Waals surface area contributed by atoms with E-state index in [9.17, 15) is 4.79 Å². The number of carbonyl (C=O) groups is 1. The Balaban J connectivity index is 0.00000119. The highest BCUT2D eigenvalue weighted by Gasteiger charge is 2.25. The highest BCUT2D eigenvalue weighted by atomic mass is 32.1. The fraction of sp³-hybridized carbons (Fsp3) is 0.444. The molecule has 0 bridgehead atoms. The van der Waals surface area contributed by atoms with E-state index in [0.29, 0.717) is 18.8 Å². The van der Waals surface area contributed by atoms with Gasteiger partial charge in [-0.1, -0.05) is 63.4 Å². The Kier molecular flexibility index (Phi) is 7.69. The van der Waals surface area contributed by atoms with Crippen LogP contribution in [-0.2, 0) is 11.2 Å². The number of thiophene rings is 1. The highest BCUT2D eigenvalue weighted by Crippen LogP contribution is 2.35. The molecule has 1 fully saturated rings. The van der Waals surface area contributed by atoms with Crippen LogP contribution >= 0.6 is 11.3 Å². The van der Waals surface area contributed by atoms with Crippen molar-refractivity contribution in [1.82, 2.24) is 5.32 Å². The first kappa shape index (κ1) is 22.7. The van der Waals surface area contributed by atoms with Crippen LogP contribution in [0.25, 0.3) is 5.70 Å². The van der Waals surface area contributed by atoms with Gasteiger partial charge in [0.2, 0.25) is 5.91 Å². The Hall–Kier alpha value is -2.53. The van der Waals surface area contributed by atoms with Gasteiger partial charge in [0.05, 0.1) is 17.1 Å². The van der Waals surface area contributed by atoms with Gasteiger partial charge < -0.3 is 5.32 Å². The number of hydrogen-bond acceptors (Lipinski definition) is 4. The lowest BCUT2D eigenvalue weighted by Crippen LogP contribution is -2.33. The van der Waals surface area contributed by atoms with Crippen molar-refractivity contribution in [3.05, 3.63) is 63.5 Å². The quantitative estimate of drug-likeness (QED) is 0.555. The molecule has 0 radical (unpaired) electrons. The summed E-state index contributed by atoms with van der Waals surface area (Å²) in [7, 11) is 0. The van der Waals surface area contributed by atoms with Gasteiger partial charge in [-0.15, -0.1) is 11.3 Å². The number of benzene rings is 1. The second kappa shape index (κ2) is 10.9. The van der Waals surface area contributed by atoms with Gasteiger partial charge in [0.1, 0.15) is 5.84 Å². The summed E-state index contributed by atoms with van der Waals surface area (Å²) in [6.07, 6.45) is 9.16. The summed E-state index contributed by atoms with van der Waals surface area (Å²) in [5, 5.41) is 5.23. The maximum Gasteiger partial charge on any atom is 0.225 e. The van der Waals surface area contributed by atoms with E-state index < -0.39 is 0 Å². The minimum absolute atomic E-state index is 0.103. The van der Waals surface area contributed by atoms with E-state index in [2.05, 4.69) is 47.1 Å². The normalized spacial score (nSPS) is 18.3. The van der Waals surface area contributed by atoms with E-state index in [1.54, 1.807) is 11.3 Å². The van der Waals surface area contributed by atoms with Gasteiger partial charge in [0.25, 0.3) is 0 Å². The lowest BCUT2D eigenvalue weighted by Gasteiger charge is -2.21. The fourth-order valence-electron chi connectivity index (χ4n) is 4.79. The summed E-state index contributed by atoms with van der Waals surface area (Å²) in [4.78, 5) is 24.0. The van der Waals surface area contributed by atoms with Crippen LogP contribution in [-0.4, -0.2) is 17.5 Å². The summed E-state index contributed by atoms with van der Waals surface area (Å²) in [6, 6.07) is 12.6. The molecule has 0 atom stereocenters. The average Bonchev–Trinajstić information content (AvgIpc) is 3.30. The van der Waals surface area contributed by atoms with Gasteiger partial charge in [0, 0.05) is 23.3 Å². The largest absolute Gasteiger partial charge is 0.314 e. The van der Waals surface area contributed by atoms with Crippen LogP contribution in [0.2, 0.25) is 0 Å². The zero-order chi connectivity index (χ0) is 22.3. The number of hydrogen-bond donors (Lipinski definition) is 1. The number of nitrogens with zero attached hydrogens (tertiary/aromatic N) is 2. The molecule has 4 nitrogen and oxygen atoms in total. The highest BCUT2D eigenvalue weighted by molar-refractivity contribution is 7.12. The summed E-state index contributed by atoms with van der Waals surface area (Å²) in [5.74, 6) is 1.37. The number of aliphatic imine (C=N–C) groups is 2. The van der Waals surface area contributed by atoms with Crippen molar-refractivity contribution >= 4 is 34.5 Å². The molecule has 2 aliphatic carbocycles. The third-order valence-electron chi connectivity index (χ3n) is 6.32. The Morgan fingerprint density at radius 3 is 2.62 bits per heavy atom. The van der Waals surface area contributed by atoms with E-state index >= 15 is 0 Å². The molecule has 1 saturated carbocycles. The third kappa shape index (κ3) is 5.26. The van der Waals surface area contributed by atoms with Crippen LogP contribution in [0.15, 0.2) is 57.5 Å². The SMILES string of the molecule is CC.O=C(CC1CCCCC1)NC1=NC2=C(N=C(c3cccs3)C1)c1ccccc1CC2. The van der Waals surface area contributed by atoms with Gasteiger partial charge in [-0.05, 0) is 48.6 Å². The number of amides is 1. The van der Waals surface area contributed by atoms with Gasteiger partial charge in [-0.25, -0.2) is 9.98 Å². The molecule has 3 aliphatic rings. The molecular weight excluding hydrogens is 414 g/mol. The van der Waals surface area contributed by atoms with Crippen molar-refractivity contribution < 1.29 is 4.79 Å². The lowest BCUT2D eigenvalue weighted by molar-refractivity contribution is -0.120. The predicted molar refractivity (Wildman–Crippen MR) is 135 cm³/mol. The van der Waals surface area contributed by atoms with Gasteiger partial charge in [-0.2, -0.15) is 0 Å². The molecule has 5 heteroatoms. The minimum atomic E-state index is 0.103. The molecule has 1 N–H and O–H groups in total. The Morgan fingerprint density at radius 2 is 1.84 bits per heavy atom. The monoisotopic (exact) mass is 447 g/mol. The van der Waals surface area contributed by atoms with Crippen molar-refractivity contribution in [3.8, 4) is 0 Å². The topological polar surface area (TPSA) is 53.8 Å². The summed E-state index contributed by atoms with van der Waals surface area (Å²) >= 11 is 1.69. The fourth-order valence-corrected chi connectivity index (χ4v) is 5.50. The number of allylic oxidation sites excluding steroid dienone is 1. The molecule has 0 unspecified atom stereocenters. The first-order valence-corrected chi connectivity index (χ1v) is 12.9. The molecule has 0 spiro atoms. The summed E-state index contributed by atoms with van der Waals surface area (Å²) < 4.78 is 0. The van der Waals surface area contributed by atoms with E-state index in [1.165, 1.54) is 43.2 Å². The van der Waals surface area contributed by atoms with Crippen molar-refractivity contribution in [2.24, 2.45) is 15.9 Å². The van der Waals surface area contributed by atoms with Crippen LogP contribution in [0.4, 0.5) is 0 Å². The predicted octanol–water partition coefficient (Wildman–Crippen LogP) is 6.77. The molecule has 2 heterocycles. The van der Waals surface area contributed by atoms with Gasteiger partial charge >= 0.3 is 0 Å². The first-order valence-electron chi connectivity index (χ1n) is 12.1. The molecule has 1 aliphatic heterocycles. The molecule has 5 rings (SSSR count). The zero-order valence-electron chi connectivity index (χ0n) is 19.2. The van der Waals surface area contributed by atoms with Crippen LogP contribution < -0.4 is 5.32 Å². The number of aryl methyl sites for hydroxylation is 1. The Labute approximate surface area is 195 Å². The number of amidine groups is 1. The van der Waals surface area contributed by atoms with Crippen molar-refractivity contribution in [3.63, 3.8) is 0 Å². The summed E-state index contributed by atoms with van der Waals surface area (Å²) in [5.41, 5.74) is 5.45. The number of fused-ring (bicyclic) bond motifs is 2. The van der Waals surface area contributed by atoms with E-state index in [4.69, 9.17) is 9.98 Å². The van der Waals surface area contributed by atoms with Crippen molar-refractivity contribution in [1.29, 1.82) is 0 Å². The van der Waals surface area contributed by atoms with Crippen molar-refractivity contribution in [2.45, 2.75) is 71.6 Å². The maximum absolute atomic E-state index is 12.8. The van der Waals surface area contributed by atoms with Crippen LogP contribution in [0, 0.1) is 5.92 Å². The lowest BCUT2D eigenvalue weighted by atomic mass is 9.87. The number of nitrogens with one attached hydrogen (secondary N) is 1. The molecule has 1 aromatic carbocycles. The molecule has 168 valence electrons. The second-order valence-corrected chi connectivity index (χ2v) is 9.43. The summed E-state index contributed by atoms with van der Waals surface area (Å²) in [6.45, 7) is 4.00. The third-order valence-corrected chi connectivity index (χ3v) is 7.24. The average molecular weight is 448 g/mol. The number of rotatable bonds is 3. The molecule has 0 saturated heterocycles. The standard InChI is InChI=1S/C25H27N3OS.C2H6/c29-24(15-17-7-2-1-3-8-17)28-23-16-21(22-11-6-14-30-22)27-25-19-10-5-4-9-18(19)12-13-20(25)26-23;1-2/h4-6,9-11,14,17H,1-3,7-8,12-13,15-16H2,(H,26,28,29);1-2H3. The van der Waals surface area contributed by atoms with Crippen molar-refractivity contribution in [2.75, 3.05) is 0 Å². The Morgan fingerprint density at radius 1 is 1.03 bits per heavy atom. The van der Waals surface area contributed by atoms with Crippen LogP contribution in [0.1, 0.15) is 81.2 Å². The molecule has 1 amide bonds. The Bertz CT molecular complexity index is 1030. The zero-order valence-corrected chi connectivity index (χ0v) is 20.0. The van der Waals surface area contributed by atoms with Gasteiger partial charge in [0.15, 0.2) is 0 Å². The minimum Gasteiger partial charge on any atom is -0.314 e. The van der Waals surface area contributed by atoms with Crippen LogP contribution in [0.3, 0.4) is 0 Å². The second-order valence-electron chi connectivity index (χ2n) is 8.48. The van der Waals surface area contributed by atoms with E-state index in [0.717, 1.165) is 40.7 Å². The van der Waals surface area contributed by atoms with E-state index in [1.807, 2.05) is 13.8 Å². The molecule has 32 heavy (non-hydrogen) atoms. The maximum atomic E-state index is 12.8. The number of carbonyl (C=O) groups excluding carboxylic acids is 1. The molecule has 1 aromatic heterocycles. The first-order chi connectivity index (χ1) is 15.8. The van der Waals surface area contributed by atoms with Crippen LogP contribution in [0.5, 0.6) is 0 Å². The smallest absolute Gasteiger partial charge is 0.225 e. The van der Waals surface area contributed by atoms with Gasteiger partial charge in [-0.3, -0.25) is 4.79 Å². The molecular formula is C27H33N3OS. The van der Waals surface area contributed by atoms with E-state index in [-0.39, 0.29) is 5.91 Å².